The normalized spacial score (nSPS) is 39.4. The van der Waals surface area contributed by atoms with Crippen LogP contribution in [0, 0.1) is 0 Å². The molecule has 0 amide bonds. The van der Waals surface area contributed by atoms with Crippen molar-refractivity contribution in [2.45, 2.75) is 69.5 Å². The maximum absolute atomic E-state index is 11.2. The second-order valence-electron chi connectivity index (χ2n) is 5.65. The molecule has 4 nitrogen and oxygen atoms in total. The van der Waals surface area contributed by atoms with Crippen molar-refractivity contribution in [1.29, 1.82) is 0 Å². The summed E-state index contributed by atoms with van der Waals surface area (Å²) in [7, 11) is 0. The molecular weight excluding hydrogens is 216 g/mol. The van der Waals surface area contributed by atoms with Crippen LogP contribution in [0.2, 0.25) is 0 Å². The molecule has 1 heterocycles. The van der Waals surface area contributed by atoms with Crippen LogP contribution in [0.15, 0.2) is 0 Å². The van der Waals surface area contributed by atoms with Crippen LogP contribution in [0.1, 0.15) is 51.9 Å². The van der Waals surface area contributed by atoms with E-state index in [1.807, 2.05) is 0 Å². The Morgan fingerprint density at radius 1 is 1.47 bits per heavy atom. The van der Waals surface area contributed by atoms with Gasteiger partial charge in [0.05, 0.1) is 0 Å². The van der Waals surface area contributed by atoms with Crippen molar-refractivity contribution < 1.29 is 9.90 Å². The third-order valence-corrected chi connectivity index (χ3v) is 4.56. The lowest BCUT2D eigenvalue weighted by Crippen LogP contribution is -2.50. The first kappa shape index (κ1) is 12.8. The molecule has 0 aromatic heterocycles. The van der Waals surface area contributed by atoms with Gasteiger partial charge in [0.1, 0.15) is 5.54 Å². The minimum absolute atomic E-state index is 0.390. The van der Waals surface area contributed by atoms with Crippen LogP contribution < -0.4 is 5.73 Å². The summed E-state index contributed by atoms with van der Waals surface area (Å²) in [6.45, 7) is 3.35. The highest BCUT2D eigenvalue weighted by molar-refractivity contribution is 5.79. The Hall–Kier alpha value is -0.610. The number of rotatable bonds is 3. The molecule has 0 aromatic carbocycles. The Morgan fingerprint density at radius 3 is 2.82 bits per heavy atom. The van der Waals surface area contributed by atoms with E-state index in [0.717, 1.165) is 13.0 Å². The lowest BCUT2D eigenvalue weighted by Gasteiger charge is -2.40. The number of carboxylic acid groups (broad SMARTS) is 1. The number of hydrogen-bond donors (Lipinski definition) is 2. The standard InChI is InChI=1S/C13H24N2O2/c1-2-10-5-3-4-8-15(10)11-6-7-13(14,9-11)12(16)17/h10-11H,2-9,14H2,1H3,(H,16,17). The van der Waals surface area contributed by atoms with Gasteiger partial charge < -0.3 is 10.8 Å². The lowest BCUT2D eigenvalue weighted by atomic mass is 9.95. The number of nitrogens with two attached hydrogens (primary N) is 1. The maximum atomic E-state index is 11.2. The van der Waals surface area contributed by atoms with Gasteiger partial charge in [-0.05, 0) is 45.1 Å². The molecule has 2 rings (SSSR count). The number of carboxylic acids is 1. The third-order valence-electron chi connectivity index (χ3n) is 4.56. The number of hydrogen-bond acceptors (Lipinski definition) is 3. The smallest absolute Gasteiger partial charge is 0.323 e. The van der Waals surface area contributed by atoms with E-state index < -0.39 is 11.5 Å². The van der Waals surface area contributed by atoms with Gasteiger partial charge >= 0.3 is 5.97 Å². The van der Waals surface area contributed by atoms with Crippen molar-refractivity contribution in [2.75, 3.05) is 6.54 Å². The van der Waals surface area contributed by atoms with Crippen LogP contribution in [0.3, 0.4) is 0 Å². The number of nitrogens with zero attached hydrogens (tertiary/aromatic N) is 1. The Bertz CT molecular complexity index is 295. The first-order valence-corrected chi connectivity index (χ1v) is 6.85. The average molecular weight is 240 g/mol. The first-order valence-electron chi connectivity index (χ1n) is 6.85. The van der Waals surface area contributed by atoms with Gasteiger partial charge in [0.2, 0.25) is 0 Å². The molecule has 4 heteroatoms. The average Bonchev–Trinajstić information content (AvgIpc) is 2.73. The van der Waals surface area contributed by atoms with Crippen molar-refractivity contribution in [2.24, 2.45) is 5.73 Å². The van der Waals surface area contributed by atoms with Crippen molar-refractivity contribution in [3.05, 3.63) is 0 Å². The SMILES string of the molecule is CCC1CCCCN1C1CCC(N)(C(=O)O)C1. The zero-order chi connectivity index (χ0) is 12.5. The Labute approximate surface area is 103 Å². The molecule has 3 unspecified atom stereocenters. The lowest BCUT2D eigenvalue weighted by molar-refractivity contribution is -0.143. The van der Waals surface area contributed by atoms with E-state index >= 15 is 0 Å². The summed E-state index contributed by atoms with van der Waals surface area (Å²) in [6.07, 6.45) is 7.18. The van der Waals surface area contributed by atoms with E-state index in [-0.39, 0.29) is 0 Å². The summed E-state index contributed by atoms with van der Waals surface area (Å²) in [6, 6.07) is 1.03. The van der Waals surface area contributed by atoms with Gasteiger partial charge in [-0.3, -0.25) is 9.69 Å². The minimum atomic E-state index is -0.972. The van der Waals surface area contributed by atoms with Crippen LogP contribution in [-0.2, 0) is 4.79 Å². The molecule has 0 aromatic rings. The van der Waals surface area contributed by atoms with E-state index in [9.17, 15) is 4.79 Å². The Balaban J connectivity index is 2.01. The zero-order valence-corrected chi connectivity index (χ0v) is 10.7. The summed E-state index contributed by atoms with van der Waals surface area (Å²) in [5.41, 5.74) is 4.99. The second kappa shape index (κ2) is 4.94. The van der Waals surface area contributed by atoms with Gasteiger partial charge in [0.25, 0.3) is 0 Å². The summed E-state index contributed by atoms with van der Waals surface area (Å²) in [5.74, 6) is -0.829. The summed E-state index contributed by atoms with van der Waals surface area (Å²) < 4.78 is 0. The van der Waals surface area contributed by atoms with Crippen LogP contribution >= 0.6 is 0 Å². The highest BCUT2D eigenvalue weighted by Gasteiger charge is 2.45. The number of aliphatic carboxylic acids is 1. The van der Waals surface area contributed by atoms with Gasteiger partial charge in [-0.25, -0.2) is 0 Å². The molecule has 2 aliphatic rings. The molecule has 2 fully saturated rings. The molecule has 1 aliphatic heterocycles. The quantitative estimate of drug-likeness (QED) is 0.786. The highest BCUT2D eigenvalue weighted by Crippen LogP contribution is 2.35. The van der Waals surface area contributed by atoms with Gasteiger partial charge in [-0.2, -0.15) is 0 Å². The van der Waals surface area contributed by atoms with Crippen molar-refractivity contribution in [3.63, 3.8) is 0 Å². The van der Waals surface area contributed by atoms with Crippen molar-refractivity contribution >= 4 is 5.97 Å². The predicted octanol–water partition coefficient (Wildman–Crippen LogP) is 1.59. The molecule has 3 N–H and O–H groups in total. The molecule has 1 saturated carbocycles. The van der Waals surface area contributed by atoms with E-state index in [0.29, 0.717) is 24.9 Å². The fourth-order valence-electron chi connectivity index (χ4n) is 3.47. The fourth-order valence-corrected chi connectivity index (χ4v) is 3.47. The summed E-state index contributed by atoms with van der Waals surface area (Å²) >= 11 is 0. The van der Waals surface area contributed by atoms with E-state index in [1.54, 1.807) is 0 Å². The summed E-state index contributed by atoms with van der Waals surface area (Å²) in [4.78, 5) is 13.7. The van der Waals surface area contributed by atoms with E-state index in [4.69, 9.17) is 10.8 Å². The van der Waals surface area contributed by atoms with Crippen molar-refractivity contribution in [3.8, 4) is 0 Å². The molecule has 0 radical (unpaired) electrons. The van der Waals surface area contributed by atoms with E-state index in [2.05, 4.69) is 11.8 Å². The highest BCUT2D eigenvalue weighted by atomic mass is 16.4. The largest absolute Gasteiger partial charge is 0.480 e. The fraction of sp³-hybridized carbons (Fsp3) is 0.923. The molecule has 17 heavy (non-hydrogen) atoms. The van der Waals surface area contributed by atoms with Gasteiger partial charge in [-0.1, -0.05) is 13.3 Å². The Morgan fingerprint density at radius 2 is 2.24 bits per heavy atom. The molecule has 98 valence electrons. The second-order valence-corrected chi connectivity index (χ2v) is 5.65. The molecule has 0 spiro atoms. The van der Waals surface area contributed by atoms with Crippen LogP contribution in [0.4, 0.5) is 0 Å². The van der Waals surface area contributed by atoms with Crippen LogP contribution in [0.5, 0.6) is 0 Å². The van der Waals surface area contributed by atoms with Crippen LogP contribution in [0.25, 0.3) is 0 Å². The van der Waals surface area contributed by atoms with Crippen molar-refractivity contribution in [1.82, 2.24) is 4.90 Å². The predicted molar refractivity (Wildman–Crippen MR) is 66.8 cm³/mol. The molecule has 0 bridgehead atoms. The van der Waals surface area contributed by atoms with Crippen LogP contribution in [-0.4, -0.2) is 40.1 Å². The van der Waals surface area contributed by atoms with Gasteiger partial charge in [0.15, 0.2) is 0 Å². The monoisotopic (exact) mass is 240 g/mol. The third kappa shape index (κ3) is 2.47. The minimum Gasteiger partial charge on any atom is -0.480 e. The topological polar surface area (TPSA) is 66.6 Å². The number of carbonyl (C=O) groups is 1. The number of piperidine rings is 1. The Kier molecular flexibility index (Phi) is 3.73. The van der Waals surface area contributed by atoms with E-state index in [1.165, 1.54) is 25.7 Å². The maximum Gasteiger partial charge on any atom is 0.323 e. The van der Waals surface area contributed by atoms with Gasteiger partial charge in [-0.15, -0.1) is 0 Å². The molecule has 1 aliphatic carbocycles. The summed E-state index contributed by atoms with van der Waals surface area (Å²) in [5, 5.41) is 9.17. The van der Waals surface area contributed by atoms with Gasteiger partial charge in [0, 0.05) is 12.1 Å². The first-order chi connectivity index (χ1) is 8.07. The molecule has 1 saturated heterocycles. The number of likely N-dealkylation sites (tertiary alicyclic amines) is 1. The molecule has 3 atom stereocenters. The zero-order valence-electron chi connectivity index (χ0n) is 10.7. The molecular formula is C13H24N2O2.